The molecular formula is C23H24N2OS. The molecule has 0 spiro atoms. The zero-order chi connectivity index (χ0) is 18.5. The zero-order valence-corrected chi connectivity index (χ0v) is 16.0. The van der Waals surface area contributed by atoms with Gasteiger partial charge in [0.1, 0.15) is 0 Å². The number of fused-ring (bicyclic) bond motifs is 2. The molecule has 0 saturated carbocycles. The lowest BCUT2D eigenvalue weighted by Gasteiger charge is -2.34. The van der Waals surface area contributed by atoms with Crippen molar-refractivity contribution in [3.63, 3.8) is 0 Å². The van der Waals surface area contributed by atoms with Crippen LogP contribution in [-0.2, 0) is 6.42 Å². The van der Waals surface area contributed by atoms with E-state index in [0.717, 1.165) is 13.0 Å². The summed E-state index contributed by atoms with van der Waals surface area (Å²) in [6.45, 7) is 2.03. The predicted octanol–water partition coefficient (Wildman–Crippen LogP) is 4.48. The van der Waals surface area contributed by atoms with Gasteiger partial charge in [-0.15, -0.1) is 0 Å². The van der Waals surface area contributed by atoms with Crippen LogP contribution in [0, 0.1) is 0 Å². The summed E-state index contributed by atoms with van der Waals surface area (Å²) in [4.78, 5) is 4.71. The highest BCUT2D eigenvalue weighted by atomic mass is 32.2. The minimum atomic E-state index is -0.440. The van der Waals surface area contributed by atoms with Crippen LogP contribution in [0.5, 0.6) is 0 Å². The number of hydrogen-bond donors (Lipinski definition) is 2. The Morgan fingerprint density at radius 3 is 2.07 bits per heavy atom. The van der Waals surface area contributed by atoms with Gasteiger partial charge in [-0.2, -0.15) is 0 Å². The summed E-state index contributed by atoms with van der Waals surface area (Å²) >= 11 is 1.79. The Balaban J connectivity index is 1.38. The van der Waals surface area contributed by atoms with Crippen LogP contribution in [0.3, 0.4) is 0 Å². The van der Waals surface area contributed by atoms with E-state index in [9.17, 15) is 5.11 Å². The predicted molar refractivity (Wildman–Crippen MR) is 113 cm³/mol. The van der Waals surface area contributed by atoms with Gasteiger partial charge >= 0.3 is 0 Å². The molecule has 4 heteroatoms. The van der Waals surface area contributed by atoms with Gasteiger partial charge in [0.05, 0.1) is 24.0 Å². The summed E-state index contributed by atoms with van der Waals surface area (Å²) in [5, 5.41) is 14.0. The van der Waals surface area contributed by atoms with Crippen molar-refractivity contribution in [1.82, 2.24) is 5.32 Å². The number of aliphatic hydroxyl groups is 1. The molecule has 27 heavy (non-hydrogen) atoms. The van der Waals surface area contributed by atoms with Crippen molar-refractivity contribution in [2.45, 2.75) is 22.3 Å². The second-order valence-corrected chi connectivity index (χ2v) is 7.83. The van der Waals surface area contributed by atoms with Crippen molar-refractivity contribution in [2.24, 2.45) is 0 Å². The maximum absolute atomic E-state index is 10.6. The molecule has 1 unspecified atom stereocenters. The van der Waals surface area contributed by atoms with E-state index < -0.39 is 6.10 Å². The van der Waals surface area contributed by atoms with Crippen LogP contribution in [0.25, 0.3) is 0 Å². The summed E-state index contributed by atoms with van der Waals surface area (Å²) in [6, 6.07) is 27.3. The molecule has 0 aromatic heterocycles. The maximum Gasteiger partial charge on any atom is 0.0843 e. The van der Waals surface area contributed by atoms with Crippen LogP contribution in [0.2, 0.25) is 0 Å². The van der Waals surface area contributed by atoms with Gasteiger partial charge in [0.25, 0.3) is 0 Å². The molecule has 1 aliphatic rings. The quantitative estimate of drug-likeness (QED) is 0.596. The number of para-hydroxylation sites is 2. The van der Waals surface area contributed by atoms with E-state index in [1.807, 2.05) is 6.07 Å². The lowest BCUT2D eigenvalue weighted by molar-refractivity contribution is 0.179. The number of hydrogen-bond acceptors (Lipinski definition) is 4. The lowest BCUT2D eigenvalue weighted by Crippen LogP contribution is -2.37. The van der Waals surface area contributed by atoms with Gasteiger partial charge in [-0.1, -0.05) is 66.4 Å². The fourth-order valence-electron chi connectivity index (χ4n) is 3.40. The number of nitrogens with zero attached hydrogens (tertiary/aromatic N) is 1. The highest BCUT2D eigenvalue weighted by Gasteiger charge is 2.24. The largest absolute Gasteiger partial charge is 0.390 e. The number of β-amino-alcohol motifs (C(OH)–C–C–N with tert-alkyl or cyclic N) is 1. The number of benzene rings is 3. The molecule has 0 radical (unpaired) electrons. The van der Waals surface area contributed by atoms with Crippen molar-refractivity contribution in [3.05, 3.63) is 84.4 Å². The Hall–Kier alpha value is -2.27. The standard InChI is InChI=1S/C23H24N2OS/c26-19(16-24-15-14-18-8-2-1-3-9-18)17-25-20-10-4-6-12-22(20)27-23-13-7-5-11-21(23)25/h1-13,19,24,26H,14-17H2. The normalized spacial score (nSPS) is 13.7. The van der Waals surface area contributed by atoms with Crippen molar-refractivity contribution in [3.8, 4) is 0 Å². The van der Waals surface area contributed by atoms with E-state index in [1.165, 1.54) is 26.7 Å². The lowest BCUT2D eigenvalue weighted by atomic mass is 10.1. The van der Waals surface area contributed by atoms with E-state index in [4.69, 9.17) is 0 Å². The molecule has 3 aromatic rings. The van der Waals surface area contributed by atoms with Crippen LogP contribution in [0.15, 0.2) is 88.7 Å². The van der Waals surface area contributed by atoms with Crippen LogP contribution in [0.4, 0.5) is 11.4 Å². The first-order valence-electron chi connectivity index (χ1n) is 9.37. The van der Waals surface area contributed by atoms with Gasteiger partial charge in [-0.05, 0) is 42.8 Å². The Labute approximate surface area is 165 Å². The van der Waals surface area contributed by atoms with Gasteiger partial charge in [0.2, 0.25) is 0 Å². The maximum atomic E-state index is 10.6. The average Bonchev–Trinajstić information content (AvgIpc) is 2.72. The van der Waals surface area contributed by atoms with Gasteiger partial charge < -0.3 is 15.3 Å². The monoisotopic (exact) mass is 376 g/mol. The molecule has 0 fully saturated rings. The molecule has 1 heterocycles. The highest BCUT2D eigenvalue weighted by molar-refractivity contribution is 7.99. The minimum absolute atomic E-state index is 0.440. The Morgan fingerprint density at radius 1 is 0.815 bits per heavy atom. The average molecular weight is 377 g/mol. The minimum Gasteiger partial charge on any atom is -0.390 e. The van der Waals surface area contributed by atoms with E-state index >= 15 is 0 Å². The molecule has 0 bridgehead atoms. The summed E-state index contributed by atoms with van der Waals surface area (Å²) in [5.41, 5.74) is 3.66. The molecule has 2 N–H and O–H groups in total. The zero-order valence-electron chi connectivity index (χ0n) is 15.2. The van der Waals surface area contributed by atoms with Crippen molar-refractivity contribution >= 4 is 23.1 Å². The van der Waals surface area contributed by atoms with Crippen molar-refractivity contribution in [2.75, 3.05) is 24.5 Å². The Kier molecular flexibility index (Phi) is 5.78. The van der Waals surface area contributed by atoms with Gasteiger partial charge in [-0.3, -0.25) is 0 Å². The summed E-state index contributed by atoms with van der Waals surface area (Å²) < 4.78 is 0. The van der Waals surface area contributed by atoms with Crippen LogP contribution < -0.4 is 10.2 Å². The Bertz CT molecular complexity index is 839. The first kappa shape index (κ1) is 18.1. The fourth-order valence-corrected chi connectivity index (χ4v) is 4.49. The highest BCUT2D eigenvalue weighted by Crippen LogP contribution is 2.47. The molecule has 0 aliphatic carbocycles. The van der Waals surface area contributed by atoms with Crippen LogP contribution in [0.1, 0.15) is 5.56 Å². The van der Waals surface area contributed by atoms with E-state index in [1.54, 1.807) is 11.8 Å². The molecular weight excluding hydrogens is 352 g/mol. The summed E-state index contributed by atoms with van der Waals surface area (Å²) in [7, 11) is 0. The van der Waals surface area contributed by atoms with E-state index in [2.05, 4.69) is 83.0 Å². The molecule has 138 valence electrons. The van der Waals surface area contributed by atoms with Crippen molar-refractivity contribution < 1.29 is 5.11 Å². The second kappa shape index (κ2) is 8.61. The molecule has 3 nitrogen and oxygen atoms in total. The van der Waals surface area contributed by atoms with Crippen molar-refractivity contribution in [1.29, 1.82) is 0 Å². The third kappa shape index (κ3) is 4.35. The second-order valence-electron chi connectivity index (χ2n) is 6.74. The SMILES string of the molecule is OC(CNCCc1ccccc1)CN1c2ccccc2Sc2ccccc21. The number of rotatable bonds is 7. The fraction of sp³-hybridized carbons (Fsp3) is 0.217. The van der Waals surface area contributed by atoms with Crippen LogP contribution >= 0.6 is 11.8 Å². The number of nitrogens with one attached hydrogen (secondary N) is 1. The third-order valence-corrected chi connectivity index (χ3v) is 5.87. The molecule has 1 atom stereocenters. The third-order valence-electron chi connectivity index (χ3n) is 4.74. The molecule has 1 aliphatic heterocycles. The Morgan fingerprint density at radius 2 is 1.41 bits per heavy atom. The van der Waals surface area contributed by atoms with Gasteiger partial charge in [-0.25, -0.2) is 0 Å². The number of anilines is 2. The van der Waals surface area contributed by atoms with Gasteiger partial charge in [0.15, 0.2) is 0 Å². The van der Waals surface area contributed by atoms with E-state index in [-0.39, 0.29) is 0 Å². The van der Waals surface area contributed by atoms with E-state index in [0.29, 0.717) is 13.1 Å². The summed E-state index contributed by atoms with van der Waals surface area (Å²) in [5.74, 6) is 0. The molecule has 0 saturated heterocycles. The first-order chi connectivity index (χ1) is 13.3. The molecule has 4 rings (SSSR count). The number of aliphatic hydroxyl groups excluding tert-OH is 1. The summed E-state index contributed by atoms with van der Waals surface area (Å²) in [6.07, 6.45) is 0.532. The smallest absolute Gasteiger partial charge is 0.0843 e. The topological polar surface area (TPSA) is 35.5 Å². The first-order valence-corrected chi connectivity index (χ1v) is 10.2. The van der Waals surface area contributed by atoms with Crippen LogP contribution in [-0.4, -0.2) is 30.8 Å². The van der Waals surface area contributed by atoms with Gasteiger partial charge in [0, 0.05) is 16.3 Å². The molecule has 0 amide bonds. The molecule has 3 aromatic carbocycles.